The molecule has 0 saturated heterocycles. The molecule has 1 amide bonds. The van der Waals surface area contributed by atoms with Crippen LogP contribution in [0.4, 0.5) is 8.78 Å². The number of sulfone groups is 1. The quantitative estimate of drug-likeness (QED) is 0.612. The number of hydrogen-bond acceptors (Lipinski definition) is 6. The minimum atomic E-state index is -3.58. The molecule has 0 saturated carbocycles. The molecule has 0 fully saturated rings. The molecule has 8 nitrogen and oxygen atoms in total. The first-order valence-electron chi connectivity index (χ1n) is 8.63. The number of nitrogens with zero attached hydrogens (tertiary/aromatic N) is 4. The van der Waals surface area contributed by atoms with E-state index in [1.165, 1.54) is 18.2 Å². The molecule has 12 heteroatoms. The van der Waals surface area contributed by atoms with Crippen LogP contribution in [0.5, 0.6) is 0 Å². The summed E-state index contributed by atoms with van der Waals surface area (Å²) in [5.41, 5.74) is 0.0264. The molecule has 0 bridgehead atoms. The summed E-state index contributed by atoms with van der Waals surface area (Å²) >= 11 is 5.95. The van der Waals surface area contributed by atoms with E-state index in [2.05, 4.69) is 20.4 Å². The fraction of sp³-hybridized carbons (Fsp3) is 0.222. The van der Waals surface area contributed by atoms with E-state index in [4.69, 9.17) is 11.6 Å². The van der Waals surface area contributed by atoms with Gasteiger partial charge in [-0.2, -0.15) is 9.78 Å². The Morgan fingerprint density at radius 2 is 1.97 bits per heavy atom. The van der Waals surface area contributed by atoms with Crippen LogP contribution in [0.15, 0.2) is 41.7 Å². The third-order valence-corrected chi connectivity index (χ3v) is 5.46. The Morgan fingerprint density at radius 1 is 1.23 bits per heavy atom. The third-order valence-electron chi connectivity index (χ3n) is 4.15. The van der Waals surface area contributed by atoms with Crippen LogP contribution < -0.4 is 5.32 Å². The van der Waals surface area contributed by atoms with E-state index in [1.807, 2.05) is 0 Å². The molecule has 0 spiro atoms. The van der Waals surface area contributed by atoms with Gasteiger partial charge < -0.3 is 5.32 Å². The first kappa shape index (κ1) is 21.8. The maximum atomic E-state index is 14.1. The Labute approximate surface area is 175 Å². The van der Waals surface area contributed by atoms with Crippen molar-refractivity contribution >= 4 is 27.3 Å². The van der Waals surface area contributed by atoms with Crippen molar-refractivity contribution in [2.24, 2.45) is 0 Å². The van der Waals surface area contributed by atoms with E-state index in [-0.39, 0.29) is 27.1 Å². The van der Waals surface area contributed by atoms with Gasteiger partial charge in [-0.15, -0.1) is 0 Å². The molecule has 1 aromatic carbocycles. The van der Waals surface area contributed by atoms with Crippen molar-refractivity contribution in [3.63, 3.8) is 0 Å². The maximum absolute atomic E-state index is 14.1. The zero-order valence-electron chi connectivity index (χ0n) is 15.8. The maximum Gasteiger partial charge on any atom is 0.251 e. The molecule has 2 heterocycles. The zero-order chi connectivity index (χ0) is 22.1. The topological polar surface area (TPSA) is 107 Å². The smallest absolute Gasteiger partial charge is 0.251 e. The molecule has 1 N–H and O–H groups in total. The molecule has 1 atom stereocenters. The van der Waals surface area contributed by atoms with Crippen molar-refractivity contribution in [3.05, 3.63) is 64.8 Å². The first-order chi connectivity index (χ1) is 14.1. The van der Waals surface area contributed by atoms with Crippen LogP contribution >= 0.6 is 11.6 Å². The highest BCUT2D eigenvalue weighted by Crippen LogP contribution is 2.22. The predicted octanol–water partition coefficient (Wildman–Crippen LogP) is 2.88. The van der Waals surface area contributed by atoms with Crippen LogP contribution in [-0.2, 0) is 9.84 Å². The molecule has 1 unspecified atom stereocenters. The number of rotatable bonds is 6. The molecule has 0 radical (unpaired) electrons. The summed E-state index contributed by atoms with van der Waals surface area (Å²) < 4.78 is 52.0. The normalized spacial score (nSPS) is 12.6. The van der Waals surface area contributed by atoms with E-state index in [9.17, 15) is 22.0 Å². The van der Waals surface area contributed by atoms with Crippen LogP contribution in [0.1, 0.15) is 35.6 Å². The Hall–Kier alpha value is -2.92. The van der Waals surface area contributed by atoms with Crippen molar-refractivity contribution in [2.45, 2.75) is 24.3 Å². The third kappa shape index (κ3) is 4.62. The van der Waals surface area contributed by atoms with E-state index in [1.54, 1.807) is 6.92 Å². The minimum Gasteiger partial charge on any atom is -0.342 e. The number of hydrogen-bond donors (Lipinski definition) is 1. The Kier molecular flexibility index (Phi) is 6.13. The number of carbonyl (C=O) groups is 1. The van der Waals surface area contributed by atoms with Gasteiger partial charge in [0, 0.05) is 22.9 Å². The second-order valence-corrected chi connectivity index (χ2v) is 8.82. The molecule has 0 aliphatic rings. The van der Waals surface area contributed by atoms with Crippen LogP contribution in [0.3, 0.4) is 0 Å². The lowest BCUT2D eigenvalue weighted by Gasteiger charge is -2.17. The monoisotopic (exact) mass is 455 g/mol. The summed E-state index contributed by atoms with van der Waals surface area (Å²) in [5.74, 6) is -2.53. The fourth-order valence-corrected chi connectivity index (χ4v) is 3.69. The van der Waals surface area contributed by atoms with Gasteiger partial charge in [-0.05, 0) is 24.6 Å². The summed E-state index contributed by atoms with van der Waals surface area (Å²) in [4.78, 5) is 20.4. The van der Waals surface area contributed by atoms with Crippen LogP contribution in [-0.4, -0.2) is 40.3 Å². The fourth-order valence-electron chi connectivity index (χ4n) is 2.71. The summed E-state index contributed by atoms with van der Waals surface area (Å²) in [6.07, 6.45) is 3.33. The molecular weight excluding hydrogens is 440 g/mol. The van der Waals surface area contributed by atoms with Gasteiger partial charge >= 0.3 is 0 Å². The number of nitrogens with one attached hydrogen (secondary N) is 1. The van der Waals surface area contributed by atoms with Crippen molar-refractivity contribution in [1.82, 2.24) is 25.1 Å². The van der Waals surface area contributed by atoms with E-state index in [0.29, 0.717) is 12.5 Å². The van der Waals surface area contributed by atoms with Crippen LogP contribution in [0.25, 0.3) is 5.82 Å². The first-order valence-corrected chi connectivity index (χ1v) is 10.9. The Morgan fingerprint density at radius 3 is 2.60 bits per heavy atom. The predicted molar refractivity (Wildman–Crippen MR) is 104 cm³/mol. The van der Waals surface area contributed by atoms with Crippen molar-refractivity contribution in [1.29, 1.82) is 0 Å². The highest BCUT2D eigenvalue weighted by molar-refractivity contribution is 7.90. The lowest BCUT2D eigenvalue weighted by molar-refractivity contribution is 0.0933. The molecule has 30 heavy (non-hydrogen) atoms. The number of halogens is 3. The number of pyridine rings is 1. The molecular formula is C18H16ClF2N5O3S. The summed E-state index contributed by atoms with van der Waals surface area (Å²) in [6, 6.07) is 3.70. The zero-order valence-corrected chi connectivity index (χ0v) is 17.4. The molecule has 3 rings (SSSR count). The largest absolute Gasteiger partial charge is 0.342 e. The van der Waals surface area contributed by atoms with Crippen molar-refractivity contribution < 1.29 is 22.0 Å². The molecule has 3 aromatic rings. The summed E-state index contributed by atoms with van der Waals surface area (Å²) in [7, 11) is -3.58. The van der Waals surface area contributed by atoms with Crippen molar-refractivity contribution in [3.8, 4) is 5.82 Å². The van der Waals surface area contributed by atoms with Gasteiger partial charge in [0.1, 0.15) is 12.1 Å². The molecule has 0 aliphatic heterocycles. The van der Waals surface area contributed by atoms with Crippen LogP contribution in [0.2, 0.25) is 5.02 Å². The second kappa shape index (κ2) is 8.44. The van der Waals surface area contributed by atoms with Gasteiger partial charge in [-0.1, -0.05) is 18.5 Å². The number of aromatic nitrogens is 4. The highest BCUT2D eigenvalue weighted by atomic mass is 35.5. The Balaban J connectivity index is 1.93. The molecule has 2 aromatic heterocycles. The van der Waals surface area contributed by atoms with Crippen molar-refractivity contribution in [2.75, 3.05) is 6.26 Å². The average Bonchev–Trinajstić information content (AvgIpc) is 3.14. The van der Waals surface area contributed by atoms with Gasteiger partial charge in [0.05, 0.1) is 17.1 Å². The van der Waals surface area contributed by atoms with E-state index < -0.39 is 33.4 Å². The standard InChI is InChI=1S/C18H16ClF2N5O3S/c1-3-15(17-23-9-24-26(17)16-14(21)7-12(20)8-22-16)25-18(27)10-4-11(19)6-13(5-10)30(2,28)29/h4-9,15H,3H2,1-2H3,(H,25,27). The molecule has 158 valence electrons. The average molecular weight is 456 g/mol. The Bertz CT molecular complexity index is 1220. The summed E-state index contributed by atoms with van der Waals surface area (Å²) in [6.45, 7) is 1.75. The number of carbonyl (C=O) groups excluding carboxylic acids is 1. The van der Waals surface area contributed by atoms with Gasteiger partial charge in [0.2, 0.25) is 0 Å². The SMILES string of the molecule is CCC(NC(=O)c1cc(Cl)cc(S(C)(=O)=O)c1)c1ncnn1-c1ncc(F)cc1F. The number of amides is 1. The van der Waals surface area contributed by atoms with Gasteiger partial charge in [0.25, 0.3) is 5.91 Å². The minimum absolute atomic E-state index is 0.0264. The van der Waals surface area contributed by atoms with E-state index >= 15 is 0 Å². The molecule has 0 aliphatic carbocycles. The van der Waals surface area contributed by atoms with Crippen LogP contribution in [0, 0.1) is 11.6 Å². The van der Waals surface area contributed by atoms with Gasteiger partial charge in [-0.25, -0.2) is 27.2 Å². The van der Waals surface area contributed by atoms with Gasteiger partial charge in [0.15, 0.2) is 27.3 Å². The summed E-state index contributed by atoms with van der Waals surface area (Å²) in [5, 5.41) is 6.69. The lowest BCUT2D eigenvalue weighted by atomic mass is 10.1. The van der Waals surface area contributed by atoms with E-state index in [0.717, 1.165) is 23.5 Å². The highest BCUT2D eigenvalue weighted by Gasteiger charge is 2.23. The van der Waals surface area contributed by atoms with Gasteiger partial charge in [-0.3, -0.25) is 4.79 Å². The lowest BCUT2D eigenvalue weighted by Crippen LogP contribution is -2.30. The number of benzene rings is 1. The second-order valence-electron chi connectivity index (χ2n) is 6.37.